The van der Waals surface area contributed by atoms with Crippen LogP contribution in [0.5, 0.6) is 0 Å². The highest BCUT2D eigenvalue weighted by Gasteiger charge is 2.31. The molecule has 2 fully saturated rings. The zero-order valence-corrected chi connectivity index (χ0v) is 20.6. The Morgan fingerprint density at radius 2 is 2.06 bits per heavy atom. The minimum absolute atomic E-state index is 0.0503. The standard InChI is InChI=1S/C26H38N4O5/c1-17(31)30-13-11-22(16-30)35-26(34)29-23(25(32)33)6-2-4-18-14-19(15-18)7-9-21-10-8-20-5-3-12-27-24(20)28-21/h8,10,18-19,22-23H,2-7,9,11-16H2,1H3,(H,27,28)(H,29,34)(H,32,33)/t18?,19?,22-,23+/m1/s1. The second-order valence-corrected chi connectivity index (χ2v) is 10.3. The van der Waals surface area contributed by atoms with E-state index < -0.39 is 18.1 Å². The number of rotatable bonds is 10. The molecular weight excluding hydrogens is 448 g/mol. The number of hydrogen-bond acceptors (Lipinski definition) is 6. The molecule has 2 aliphatic heterocycles. The Balaban J connectivity index is 1.10. The van der Waals surface area contributed by atoms with Crippen molar-refractivity contribution in [3.8, 4) is 0 Å². The number of carbonyl (C=O) groups is 3. The molecule has 1 saturated carbocycles. The first-order valence-corrected chi connectivity index (χ1v) is 13.1. The van der Waals surface area contributed by atoms with Gasteiger partial charge in [0.05, 0.1) is 6.54 Å². The minimum atomic E-state index is -1.04. The van der Waals surface area contributed by atoms with Crippen molar-refractivity contribution in [1.82, 2.24) is 15.2 Å². The van der Waals surface area contributed by atoms with E-state index in [1.165, 1.54) is 31.7 Å². The first-order chi connectivity index (χ1) is 16.9. The number of aromatic nitrogens is 1. The van der Waals surface area contributed by atoms with Crippen molar-refractivity contribution in [2.24, 2.45) is 11.8 Å². The van der Waals surface area contributed by atoms with E-state index in [1.807, 2.05) is 0 Å². The third-order valence-corrected chi connectivity index (χ3v) is 7.65. The SMILES string of the molecule is CC(=O)N1CC[C@@H](OC(=O)N[C@@H](CCCC2CC(CCc3ccc4c(n3)NCCC4)C2)C(=O)O)C1. The van der Waals surface area contributed by atoms with Crippen LogP contribution in [-0.4, -0.2) is 64.7 Å². The molecule has 3 heterocycles. The highest BCUT2D eigenvalue weighted by atomic mass is 16.6. The van der Waals surface area contributed by atoms with Crippen LogP contribution in [0.3, 0.4) is 0 Å². The molecule has 2 atom stereocenters. The highest BCUT2D eigenvalue weighted by Crippen LogP contribution is 2.40. The Bertz CT molecular complexity index is 917. The molecule has 0 unspecified atom stereocenters. The lowest BCUT2D eigenvalue weighted by Crippen LogP contribution is -2.42. The van der Waals surface area contributed by atoms with E-state index in [-0.39, 0.29) is 12.0 Å². The summed E-state index contributed by atoms with van der Waals surface area (Å²) >= 11 is 0. The van der Waals surface area contributed by atoms with E-state index in [9.17, 15) is 19.5 Å². The molecule has 35 heavy (non-hydrogen) atoms. The number of amides is 2. The van der Waals surface area contributed by atoms with Gasteiger partial charge in [-0.3, -0.25) is 4.79 Å². The van der Waals surface area contributed by atoms with Gasteiger partial charge in [0, 0.05) is 32.1 Å². The molecule has 3 N–H and O–H groups in total. The van der Waals surface area contributed by atoms with Crippen LogP contribution >= 0.6 is 0 Å². The number of carboxylic acids is 1. The minimum Gasteiger partial charge on any atom is -0.480 e. The number of aliphatic carboxylic acids is 1. The van der Waals surface area contributed by atoms with Gasteiger partial charge < -0.3 is 25.4 Å². The largest absolute Gasteiger partial charge is 0.480 e. The van der Waals surface area contributed by atoms with Crippen LogP contribution < -0.4 is 10.6 Å². The average Bonchev–Trinajstić information content (AvgIpc) is 3.27. The van der Waals surface area contributed by atoms with E-state index in [2.05, 4.69) is 22.8 Å². The fourth-order valence-corrected chi connectivity index (χ4v) is 5.51. The average molecular weight is 487 g/mol. The summed E-state index contributed by atoms with van der Waals surface area (Å²) in [7, 11) is 0. The number of carbonyl (C=O) groups excluding carboxylic acids is 2. The fourth-order valence-electron chi connectivity index (χ4n) is 5.51. The summed E-state index contributed by atoms with van der Waals surface area (Å²) in [6, 6.07) is 3.43. The summed E-state index contributed by atoms with van der Waals surface area (Å²) in [5.74, 6) is 1.32. The topological polar surface area (TPSA) is 121 Å². The van der Waals surface area contributed by atoms with Crippen molar-refractivity contribution in [3.05, 3.63) is 23.4 Å². The molecule has 9 heteroatoms. The lowest BCUT2D eigenvalue weighted by molar-refractivity contribution is -0.139. The molecule has 3 aliphatic rings. The van der Waals surface area contributed by atoms with E-state index in [0.717, 1.165) is 56.1 Å². The monoisotopic (exact) mass is 486 g/mol. The number of pyridine rings is 1. The van der Waals surface area contributed by atoms with Crippen LogP contribution in [0.2, 0.25) is 0 Å². The Morgan fingerprint density at radius 1 is 1.26 bits per heavy atom. The summed E-state index contributed by atoms with van der Waals surface area (Å²) in [6.07, 6.45) is 8.41. The van der Waals surface area contributed by atoms with E-state index in [4.69, 9.17) is 9.72 Å². The molecule has 2 amide bonds. The van der Waals surface area contributed by atoms with Crippen molar-refractivity contribution >= 4 is 23.8 Å². The summed E-state index contributed by atoms with van der Waals surface area (Å²) in [5.41, 5.74) is 2.49. The van der Waals surface area contributed by atoms with Crippen molar-refractivity contribution in [2.75, 3.05) is 25.0 Å². The number of aryl methyl sites for hydroxylation is 2. The van der Waals surface area contributed by atoms with Gasteiger partial charge >= 0.3 is 12.1 Å². The second-order valence-electron chi connectivity index (χ2n) is 10.3. The van der Waals surface area contributed by atoms with Gasteiger partial charge in [0.15, 0.2) is 0 Å². The molecular formula is C26H38N4O5. The lowest BCUT2D eigenvalue weighted by Gasteiger charge is -2.35. The predicted molar refractivity (Wildman–Crippen MR) is 131 cm³/mol. The van der Waals surface area contributed by atoms with Gasteiger partial charge in [-0.15, -0.1) is 0 Å². The molecule has 0 spiro atoms. The van der Waals surface area contributed by atoms with Gasteiger partial charge in [-0.2, -0.15) is 0 Å². The maximum Gasteiger partial charge on any atom is 0.408 e. The number of anilines is 1. The van der Waals surface area contributed by atoms with Crippen molar-refractivity contribution in [2.45, 2.75) is 83.3 Å². The molecule has 192 valence electrons. The summed E-state index contributed by atoms with van der Waals surface area (Å²) in [6.45, 7) is 3.41. The van der Waals surface area contributed by atoms with E-state index >= 15 is 0 Å². The smallest absolute Gasteiger partial charge is 0.408 e. The molecule has 4 rings (SSSR count). The van der Waals surface area contributed by atoms with E-state index in [0.29, 0.717) is 31.8 Å². The molecule has 1 saturated heterocycles. The number of alkyl carbamates (subject to hydrolysis) is 1. The lowest BCUT2D eigenvalue weighted by atomic mass is 9.70. The molecule has 0 bridgehead atoms. The summed E-state index contributed by atoms with van der Waals surface area (Å²) < 4.78 is 5.32. The fraction of sp³-hybridized carbons (Fsp3) is 0.692. The number of ether oxygens (including phenoxy) is 1. The maximum atomic E-state index is 12.2. The van der Waals surface area contributed by atoms with Gasteiger partial charge in [0.1, 0.15) is 18.0 Å². The normalized spacial score (nSPS) is 24.0. The second kappa shape index (κ2) is 11.7. The Morgan fingerprint density at radius 3 is 2.80 bits per heavy atom. The van der Waals surface area contributed by atoms with Crippen molar-refractivity contribution in [1.29, 1.82) is 0 Å². The molecule has 0 radical (unpaired) electrons. The molecule has 1 aromatic rings. The Labute approximate surface area is 207 Å². The van der Waals surface area contributed by atoms with Gasteiger partial charge in [-0.25, -0.2) is 14.6 Å². The summed E-state index contributed by atoms with van der Waals surface area (Å²) in [5, 5.41) is 15.4. The zero-order chi connectivity index (χ0) is 24.8. The van der Waals surface area contributed by atoms with Crippen LogP contribution in [-0.2, 0) is 27.2 Å². The number of carboxylic acid groups (broad SMARTS) is 1. The van der Waals surface area contributed by atoms with Crippen LogP contribution in [0.4, 0.5) is 10.6 Å². The zero-order valence-electron chi connectivity index (χ0n) is 20.6. The van der Waals surface area contributed by atoms with Gasteiger partial charge in [-0.1, -0.05) is 18.9 Å². The predicted octanol–water partition coefficient (Wildman–Crippen LogP) is 3.37. The molecule has 9 nitrogen and oxygen atoms in total. The van der Waals surface area contributed by atoms with Crippen molar-refractivity contribution in [3.63, 3.8) is 0 Å². The molecule has 0 aromatic carbocycles. The van der Waals surface area contributed by atoms with Crippen molar-refractivity contribution < 1.29 is 24.2 Å². The Hall–Kier alpha value is -2.84. The first kappa shape index (κ1) is 25.3. The van der Waals surface area contributed by atoms with Gasteiger partial charge in [0.25, 0.3) is 0 Å². The summed E-state index contributed by atoms with van der Waals surface area (Å²) in [4.78, 5) is 41.6. The van der Waals surface area contributed by atoms with E-state index in [1.54, 1.807) is 4.90 Å². The van der Waals surface area contributed by atoms with Gasteiger partial charge in [0.2, 0.25) is 5.91 Å². The Kier molecular flexibility index (Phi) is 8.46. The third-order valence-electron chi connectivity index (χ3n) is 7.65. The number of nitrogens with zero attached hydrogens (tertiary/aromatic N) is 2. The quantitative estimate of drug-likeness (QED) is 0.464. The van der Waals surface area contributed by atoms with Crippen LogP contribution in [0.15, 0.2) is 12.1 Å². The highest BCUT2D eigenvalue weighted by molar-refractivity contribution is 5.80. The number of hydrogen-bond donors (Lipinski definition) is 3. The number of likely N-dealkylation sites (tertiary alicyclic amines) is 1. The number of fused-ring (bicyclic) bond motifs is 1. The van der Waals surface area contributed by atoms with Crippen LogP contribution in [0.25, 0.3) is 0 Å². The molecule has 1 aliphatic carbocycles. The maximum absolute atomic E-state index is 12.2. The first-order valence-electron chi connectivity index (χ1n) is 13.1. The van der Waals surface area contributed by atoms with Crippen LogP contribution in [0.1, 0.15) is 69.5 Å². The third kappa shape index (κ3) is 7.08. The van der Waals surface area contributed by atoms with Crippen LogP contribution in [0, 0.1) is 11.8 Å². The number of nitrogens with one attached hydrogen (secondary N) is 2. The molecule has 1 aromatic heterocycles. The van der Waals surface area contributed by atoms with Gasteiger partial charge in [-0.05, 0) is 68.4 Å².